The predicted molar refractivity (Wildman–Crippen MR) is 445 cm³/mol. The SMILES string of the molecule is CCCCNC(=O)C(CC(=O)NCCN(C)CCN(C)C)CC(C)(C)C(=O)CC(CC(C)(C)CC(=O)C(CC(=O)NCCCCC(CO)CO)CC(C)(C)C(=O)CC(CC(C)(C)C(=O)C(CC(=O)NCCOC)CC(C)(C)C(=O)CC(CC)C(=O)NCCOC)C(=O)NCCCCC(CO)CO)C(=O)NCCN(C)CCN(C)C. The number of unbranched alkanes of at least 4 members (excludes halogenated alkanes) is 3. The van der Waals surface area contributed by atoms with Crippen molar-refractivity contribution in [2.75, 3.05) is 181 Å². The van der Waals surface area contributed by atoms with Gasteiger partial charge in [0.25, 0.3) is 0 Å². The number of hydrogen-bond acceptors (Lipinski definition) is 22. The van der Waals surface area contributed by atoms with Crippen LogP contribution in [0.15, 0.2) is 0 Å². The third-order valence-corrected chi connectivity index (χ3v) is 22.1. The lowest BCUT2D eigenvalue weighted by atomic mass is 9.67. The van der Waals surface area contributed by atoms with Crippen LogP contribution in [0.1, 0.15) is 218 Å². The molecule has 6 unspecified atom stereocenters. The van der Waals surface area contributed by atoms with Gasteiger partial charge in [-0.05, 0) is 118 Å². The molecule has 7 amide bonds. The Balaban J connectivity index is 7.96. The van der Waals surface area contributed by atoms with Crippen molar-refractivity contribution in [2.24, 2.45) is 74.4 Å². The maximum absolute atomic E-state index is 15.5. The highest BCUT2D eigenvalue weighted by atomic mass is 16.5. The van der Waals surface area contributed by atoms with Crippen LogP contribution in [0.4, 0.5) is 0 Å². The molecule has 0 aromatic heterocycles. The third-order valence-electron chi connectivity index (χ3n) is 22.1. The van der Waals surface area contributed by atoms with Crippen molar-refractivity contribution >= 4 is 70.3 Å². The fourth-order valence-corrected chi connectivity index (χ4v) is 14.2. The Morgan fingerprint density at radius 3 is 1.11 bits per heavy atom. The van der Waals surface area contributed by atoms with Crippen molar-refractivity contribution in [1.29, 1.82) is 0 Å². The van der Waals surface area contributed by atoms with Crippen molar-refractivity contribution in [3.63, 3.8) is 0 Å². The average Bonchev–Trinajstić information content (AvgIpc) is 0.813. The minimum atomic E-state index is -1.45. The lowest BCUT2D eigenvalue weighted by molar-refractivity contribution is -0.141. The Morgan fingerprint density at radius 2 is 0.675 bits per heavy atom. The molecule has 114 heavy (non-hydrogen) atoms. The van der Waals surface area contributed by atoms with Gasteiger partial charge in [0.05, 0.1) is 13.2 Å². The van der Waals surface area contributed by atoms with Crippen LogP contribution < -0.4 is 37.2 Å². The van der Waals surface area contributed by atoms with Crippen LogP contribution in [-0.2, 0) is 67.0 Å². The number of carbonyl (C=O) groups is 12. The molecule has 662 valence electrons. The quantitative estimate of drug-likeness (QED) is 0.0349. The van der Waals surface area contributed by atoms with Gasteiger partial charge in [0.1, 0.15) is 28.9 Å². The number of nitrogens with zero attached hydrogens (tertiary/aromatic N) is 4. The monoisotopic (exact) mass is 1620 g/mol. The first-order chi connectivity index (χ1) is 53.3. The number of rotatable bonds is 70. The summed E-state index contributed by atoms with van der Waals surface area (Å²) in [4.78, 5) is 182. The van der Waals surface area contributed by atoms with E-state index in [1.165, 1.54) is 14.2 Å². The second-order valence-electron chi connectivity index (χ2n) is 36.0. The van der Waals surface area contributed by atoms with E-state index in [1.54, 1.807) is 76.2 Å². The number of methoxy groups -OCH3 is 2. The number of aliphatic hydroxyl groups is 4. The Kier molecular flexibility index (Phi) is 54.5. The summed E-state index contributed by atoms with van der Waals surface area (Å²) in [6.07, 6.45) is 2.42. The molecule has 6 atom stereocenters. The van der Waals surface area contributed by atoms with E-state index in [0.717, 1.165) is 26.1 Å². The second kappa shape index (κ2) is 57.4. The Morgan fingerprint density at radius 1 is 0.351 bits per heavy atom. The van der Waals surface area contributed by atoms with Gasteiger partial charge in [-0.25, -0.2) is 0 Å². The number of Topliss-reactive ketones (excluding diaryl/α,β-unsaturated/α-hetero) is 5. The minimum absolute atomic E-state index is 0.00427. The molecule has 0 aliphatic rings. The summed E-state index contributed by atoms with van der Waals surface area (Å²) < 4.78 is 10.3. The number of nitrogens with one attached hydrogen (secondary N) is 7. The van der Waals surface area contributed by atoms with Crippen molar-refractivity contribution in [1.82, 2.24) is 56.8 Å². The number of aliphatic hydroxyl groups excluding tert-OH is 4. The summed E-state index contributed by atoms with van der Waals surface area (Å²) in [6.45, 7) is 26.2. The van der Waals surface area contributed by atoms with Gasteiger partial charge in [-0.1, -0.05) is 102 Å². The first-order valence-electron chi connectivity index (χ1n) is 42.0. The first kappa shape index (κ1) is 108. The van der Waals surface area contributed by atoms with E-state index in [9.17, 15) is 58.8 Å². The molecule has 0 saturated heterocycles. The molecule has 0 aromatic rings. The number of ketones is 5. The van der Waals surface area contributed by atoms with E-state index in [1.807, 2.05) is 54.1 Å². The van der Waals surface area contributed by atoms with Crippen LogP contribution in [-0.4, -0.2) is 292 Å². The molecule has 0 fully saturated rings. The average molecular weight is 1620 g/mol. The highest BCUT2D eigenvalue weighted by Crippen LogP contribution is 2.42. The summed E-state index contributed by atoms with van der Waals surface area (Å²) in [6, 6.07) is 0. The number of amides is 7. The zero-order chi connectivity index (χ0) is 87.0. The molecule has 0 saturated carbocycles. The number of likely N-dealkylation sites (N-methyl/N-ethyl adjacent to an activating group) is 4. The van der Waals surface area contributed by atoms with E-state index >= 15 is 19.2 Å². The summed E-state index contributed by atoms with van der Waals surface area (Å²) in [7, 11) is 14.8. The van der Waals surface area contributed by atoms with Crippen LogP contribution in [0.3, 0.4) is 0 Å². The second-order valence-corrected chi connectivity index (χ2v) is 36.0. The summed E-state index contributed by atoms with van der Waals surface area (Å²) >= 11 is 0. The Hall–Kier alpha value is -5.76. The summed E-state index contributed by atoms with van der Waals surface area (Å²) in [5, 5.41) is 59.3. The number of carbonyl (C=O) groups excluding carboxylic acids is 12. The highest BCUT2D eigenvalue weighted by molar-refractivity contribution is 5.96. The molecule has 29 heteroatoms. The molecule has 0 aliphatic carbocycles. The van der Waals surface area contributed by atoms with Gasteiger partial charge >= 0.3 is 0 Å². The molecule has 0 radical (unpaired) electrons. The van der Waals surface area contributed by atoms with E-state index in [4.69, 9.17) is 9.47 Å². The van der Waals surface area contributed by atoms with Crippen LogP contribution in [0.25, 0.3) is 0 Å². The van der Waals surface area contributed by atoms with Crippen LogP contribution in [0, 0.1) is 74.4 Å². The van der Waals surface area contributed by atoms with Gasteiger partial charge in [-0.3, -0.25) is 57.5 Å². The van der Waals surface area contributed by atoms with Crippen molar-refractivity contribution < 1.29 is 87.4 Å². The van der Waals surface area contributed by atoms with Crippen LogP contribution >= 0.6 is 0 Å². The summed E-state index contributed by atoms with van der Waals surface area (Å²) in [5.74, 6) is -11.6. The van der Waals surface area contributed by atoms with Gasteiger partial charge in [0, 0.05) is 240 Å². The molecular weight excluding hydrogens is 1460 g/mol. The number of ether oxygens (including phenoxy) is 2. The maximum Gasteiger partial charge on any atom is 0.223 e. The Labute approximate surface area is 685 Å². The topological polar surface area (TPSA) is 401 Å². The van der Waals surface area contributed by atoms with Gasteiger partial charge < -0.3 is 86.7 Å². The molecule has 0 bridgehead atoms. The van der Waals surface area contributed by atoms with Crippen molar-refractivity contribution in [3.8, 4) is 0 Å². The molecule has 0 aromatic carbocycles. The highest BCUT2D eigenvalue weighted by Gasteiger charge is 2.46. The van der Waals surface area contributed by atoms with Crippen LogP contribution in [0.5, 0.6) is 0 Å². The van der Waals surface area contributed by atoms with Gasteiger partial charge in [-0.2, -0.15) is 0 Å². The van der Waals surface area contributed by atoms with E-state index in [2.05, 4.69) is 51.9 Å². The molecule has 0 heterocycles. The largest absolute Gasteiger partial charge is 0.396 e. The van der Waals surface area contributed by atoms with Gasteiger partial charge in [0.2, 0.25) is 41.4 Å². The minimum Gasteiger partial charge on any atom is -0.396 e. The lowest BCUT2D eigenvalue weighted by Crippen LogP contribution is -2.43. The third kappa shape index (κ3) is 46.4. The standard InChI is InChI=1S/C85H159N11O18/c1-21-23-30-89-80(112)68(50-75(107)87-33-37-95(17)41-39-93(13)14)54-84(9,10)71(103)46-66(78(110)91-34-38-96(18)42-40-94(15)16)51-81(3,4)56-69(101)64(48-73(105)86-31-26-24-28-61(57-97)58-98)52-82(5,6)72(104)47-67(79(111)90-32-27-25-29-62(59-99)60-100)55-85(11,12)76(108)65(49-74(106)88-35-43-113-19)53-83(7,8)70(102)45-63(22-2)77(109)92-36-44-114-20/h61-68,97-100H,21-60H2,1-20H3,(H,86,105)(H,87,107)(H,88,106)(H,89,112)(H,90,111)(H,91,110)(H,92,109). The molecule has 29 nitrogen and oxygen atoms in total. The zero-order valence-corrected chi connectivity index (χ0v) is 74.2. The van der Waals surface area contributed by atoms with Gasteiger partial charge in [0.15, 0.2) is 0 Å². The lowest BCUT2D eigenvalue weighted by Gasteiger charge is -2.36. The van der Waals surface area contributed by atoms with Crippen molar-refractivity contribution in [3.05, 3.63) is 0 Å². The molecule has 0 aliphatic heterocycles. The molecular formula is C85H159N11O18. The normalized spacial score (nSPS) is 14.0. The zero-order valence-electron chi connectivity index (χ0n) is 74.2. The van der Waals surface area contributed by atoms with Crippen LogP contribution in [0.2, 0.25) is 0 Å². The summed E-state index contributed by atoms with van der Waals surface area (Å²) in [5.41, 5.74) is -6.41. The van der Waals surface area contributed by atoms with Crippen molar-refractivity contribution in [2.45, 2.75) is 218 Å². The maximum atomic E-state index is 15.5. The first-order valence-corrected chi connectivity index (χ1v) is 42.0. The molecule has 0 rings (SSSR count). The molecule has 0 spiro atoms. The molecule has 11 N–H and O–H groups in total. The fourth-order valence-electron chi connectivity index (χ4n) is 14.2. The Bertz CT molecular complexity index is 2860. The van der Waals surface area contributed by atoms with Gasteiger partial charge in [-0.15, -0.1) is 0 Å². The number of hydrogen-bond donors (Lipinski definition) is 11. The van der Waals surface area contributed by atoms with E-state index in [-0.39, 0.29) is 184 Å². The smallest absolute Gasteiger partial charge is 0.223 e. The fraction of sp³-hybridized carbons (Fsp3) is 0.859. The van der Waals surface area contributed by atoms with E-state index in [0.29, 0.717) is 84.1 Å². The predicted octanol–water partition coefficient (Wildman–Crippen LogP) is 5.19. The van der Waals surface area contributed by atoms with E-state index < -0.39 is 110 Å².